The molecule has 1 saturated heterocycles. The summed E-state index contributed by atoms with van der Waals surface area (Å²) in [6.07, 6.45) is -1.10. The fraction of sp³-hybridized carbons (Fsp3) is 0.765. The van der Waals surface area contributed by atoms with Crippen molar-refractivity contribution < 1.29 is 13.9 Å². The minimum Gasteiger partial charge on any atom is -0.408 e. The minimum absolute atomic E-state index is 0.0449. The zero-order valence-corrected chi connectivity index (χ0v) is 18.4. The van der Waals surface area contributed by atoms with E-state index < -0.39 is 44.1 Å². The second kappa shape index (κ2) is 8.22. The fourth-order valence-corrected chi connectivity index (χ4v) is 4.20. The summed E-state index contributed by atoms with van der Waals surface area (Å²) in [6.45, 7) is 12.2. The van der Waals surface area contributed by atoms with Crippen LogP contribution in [0.5, 0.6) is 0 Å². The summed E-state index contributed by atoms with van der Waals surface area (Å²) < 4.78 is 19.6. The van der Waals surface area contributed by atoms with Gasteiger partial charge in [-0.1, -0.05) is 25.9 Å². The van der Waals surface area contributed by atoms with Crippen LogP contribution in [-0.2, 0) is 13.9 Å². The highest BCUT2D eigenvalue weighted by Crippen LogP contribution is 2.41. The van der Waals surface area contributed by atoms with E-state index in [-0.39, 0.29) is 11.6 Å². The van der Waals surface area contributed by atoms with Crippen molar-refractivity contribution in [3.8, 4) is 0 Å². The first kappa shape index (κ1) is 22.4. The van der Waals surface area contributed by atoms with E-state index in [1.54, 1.807) is 6.92 Å². The maximum Gasteiger partial charge on any atom is 0.330 e. The molecule has 0 spiro atoms. The van der Waals surface area contributed by atoms with Crippen LogP contribution in [0.2, 0.25) is 18.1 Å². The molecule has 1 aromatic heterocycles. The summed E-state index contributed by atoms with van der Waals surface area (Å²) in [6, 6.07) is 0. The molecule has 0 unspecified atom stereocenters. The van der Waals surface area contributed by atoms with Gasteiger partial charge in [0, 0.05) is 23.8 Å². The lowest BCUT2D eigenvalue weighted by atomic mass is 10.1. The number of H-pyrrole nitrogens is 1. The molecule has 0 amide bonds. The molecule has 0 aliphatic carbocycles. The Hall–Kier alpha value is -1.91. The van der Waals surface area contributed by atoms with E-state index >= 15 is 0 Å². The average molecular weight is 412 g/mol. The fourth-order valence-electron chi connectivity index (χ4n) is 2.88. The van der Waals surface area contributed by atoms with Crippen LogP contribution in [0.1, 0.15) is 32.6 Å². The standard InChI is InChI=1S/C17H29N5O5Si/c1-10-9-22(16(24)20-14(10)23)15-13(25-5)12(11(26-15)8-19-21-18)27-28(6,7)17(2,3)4/h9,11-13,15H,8H2,1-7H3,(H,20,23,24)/t11-,12-,13-,15-/m1/s1. The quantitative estimate of drug-likeness (QED) is 0.332. The Kier molecular flexibility index (Phi) is 6.57. The topological polar surface area (TPSA) is 131 Å². The number of azide groups is 1. The second-order valence-electron chi connectivity index (χ2n) is 8.50. The second-order valence-corrected chi connectivity index (χ2v) is 13.3. The molecule has 0 radical (unpaired) electrons. The molecule has 2 rings (SSSR count). The van der Waals surface area contributed by atoms with Gasteiger partial charge in [-0.25, -0.2) is 4.79 Å². The third kappa shape index (κ3) is 4.39. The molecule has 0 saturated carbocycles. The van der Waals surface area contributed by atoms with Gasteiger partial charge in [0.05, 0.1) is 12.6 Å². The first-order valence-electron chi connectivity index (χ1n) is 9.12. The average Bonchev–Trinajstić information content (AvgIpc) is 2.91. The van der Waals surface area contributed by atoms with Crippen LogP contribution in [0, 0.1) is 6.92 Å². The number of hydrogen-bond donors (Lipinski definition) is 1. The lowest BCUT2D eigenvalue weighted by molar-refractivity contribution is -0.0523. The van der Waals surface area contributed by atoms with Crippen LogP contribution in [0.15, 0.2) is 20.9 Å². The molecule has 1 aliphatic rings. The molecule has 28 heavy (non-hydrogen) atoms. The summed E-state index contributed by atoms with van der Waals surface area (Å²) >= 11 is 0. The molecule has 1 fully saturated rings. The molecule has 0 bridgehead atoms. The van der Waals surface area contributed by atoms with Crippen LogP contribution < -0.4 is 11.2 Å². The third-order valence-electron chi connectivity index (χ3n) is 5.54. The number of nitrogens with one attached hydrogen (secondary N) is 1. The zero-order valence-electron chi connectivity index (χ0n) is 17.4. The van der Waals surface area contributed by atoms with Crippen molar-refractivity contribution in [2.24, 2.45) is 5.11 Å². The number of nitrogens with zero attached hydrogens (tertiary/aromatic N) is 4. The van der Waals surface area contributed by atoms with Gasteiger partial charge in [0.15, 0.2) is 14.5 Å². The lowest BCUT2D eigenvalue weighted by Gasteiger charge is -2.40. The van der Waals surface area contributed by atoms with E-state index in [2.05, 4.69) is 48.9 Å². The Morgan fingerprint density at radius 1 is 1.36 bits per heavy atom. The van der Waals surface area contributed by atoms with Crippen LogP contribution >= 0.6 is 0 Å². The predicted molar refractivity (Wildman–Crippen MR) is 107 cm³/mol. The Bertz CT molecular complexity index is 868. The molecule has 4 atom stereocenters. The van der Waals surface area contributed by atoms with Crippen LogP contribution in [-0.4, -0.2) is 49.8 Å². The van der Waals surface area contributed by atoms with Crippen molar-refractivity contribution in [1.82, 2.24) is 9.55 Å². The molecular weight excluding hydrogens is 382 g/mol. The van der Waals surface area contributed by atoms with Crippen molar-refractivity contribution in [3.63, 3.8) is 0 Å². The van der Waals surface area contributed by atoms with E-state index in [4.69, 9.17) is 19.4 Å². The van der Waals surface area contributed by atoms with Gasteiger partial charge in [0.25, 0.3) is 5.56 Å². The maximum absolute atomic E-state index is 12.4. The van der Waals surface area contributed by atoms with Gasteiger partial charge in [0.2, 0.25) is 0 Å². The number of rotatable bonds is 6. The van der Waals surface area contributed by atoms with Gasteiger partial charge in [-0.15, -0.1) is 0 Å². The number of aryl methyl sites for hydroxylation is 1. The predicted octanol–water partition coefficient (Wildman–Crippen LogP) is 2.46. The van der Waals surface area contributed by atoms with Crippen molar-refractivity contribution >= 4 is 8.32 Å². The van der Waals surface area contributed by atoms with Crippen molar-refractivity contribution in [2.75, 3.05) is 13.7 Å². The van der Waals surface area contributed by atoms with Gasteiger partial charge >= 0.3 is 5.69 Å². The number of methoxy groups -OCH3 is 1. The van der Waals surface area contributed by atoms with Crippen molar-refractivity contribution in [2.45, 2.75) is 70.4 Å². The molecule has 156 valence electrons. The zero-order chi connectivity index (χ0) is 21.3. The first-order valence-corrected chi connectivity index (χ1v) is 12.0. The highest BCUT2D eigenvalue weighted by molar-refractivity contribution is 6.74. The van der Waals surface area contributed by atoms with E-state index in [9.17, 15) is 9.59 Å². The first-order chi connectivity index (χ1) is 12.9. The summed E-state index contributed by atoms with van der Waals surface area (Å²) in [5.74, 6) is 0. The normalized spacial score (nSPS) is 25.5. The molecule has 10 nitrogen and oxygen atoms in total. The van der Waals surface area contributed by atoms with Crippen LogP contribution in [0.25, 0.3) is 10.4 Å². The van der Waals surface area contributed by atoms with Crippen LogP contribution in [0.3, 0.4) is 0 Å². The molecule has 11 heteroatoms. The number of aromatic amines is 1. The number of hydrogen-bond acceptors (Lipinski definition) is 6. The minimum atomic E-state index is -2.21. The SMILES string of the molecule is CO[C@@H]1[C@H](O[Si](C)(C)C(C)(C)C)[C@@H](CN=[N+]=[N-])O[C@H]1n1cc(C)c(=O)[nH]c1=O. The highest BCUT2D eigenvalue weighted by atomic mass is 28.4. The smallest absolute Gasteiger partial charge is 0.330 e. The summed E-state index contributed by atoms with van der Waals surface area (Å²) in [4.78, 5) is 29.2. The van der Waals surface area contributed by atoms with Gasteiger partial charge < -0.3 is 13.9 Å². The summed E-state index contributed by atoms with van der Waals surface area (Å²) in [5, 5.41) is 3.58. The molecule has 1 aromatic rings. The summed E-state index contributed by atoms with van der Waals surface area (Å²) in [5.41, 5.74) is 8.06. The van der Waals surface area contributed by atoms with Gasteiger partial charge in [-0.05, 0) is 30.6 Å². The Morgan fingerprint density at radius 2 is 2.00 bits per heavy atom. The number of ether oxygens (including phenoxy) is 2. The summed E-state index contributed by atoms with van der Waals surface area (Å²) in [7, 11) is -0.697. The molecular formula is C17H29N5O5Si. The third-order valence-corrected chi connectivity index (χ3v) is 10.0. The Labute approximate surface area is 164 Å². The van der Waals surface area contributed by atoms with E-state index in [1.807, 2.05) is 0 Å². The van der Waals surface area contributed by atoms with E-state index in [0.717, 1.165) is 0 Å². The molecule has 0 aromatic carbocycles. The van der Waals surface area contributed by atoms with Crippen molar-refractivity contribution in [3.05, 3.63) is 43.0 Å². The lowest BCUT2D eigenvalue weighted by Crippen LogP contribution is -2.50. The van der Waals surface area contributed by atoms with Gasteiger partial charge in [-0.2, -0.15) is 0 Å². The molecule has 2 heterocycles. The molecule has 1 aliphatic heterocycles. The number of aromatic nitrogens is 2. The maximum atomic E-state index is 12.4. The molecule has 1 N–H and O–H groups in total. The largest absolute Gasteiger partial charge is 0.408 e. The Balaban J connectivity index is 2.48. The monoisotopic (exact) mass is 411 g/mol. The van der Waals surface area contributed by atoms with Gasteiger partial charge in [-0.3, -0.25) is 14.3 Å². The van der Waals surface area contributed by atoms with Crippen LogP contribution in [0.4, 0.5) is 0 Å². The van der Waals surface area contributed by atoms with Gasteiger partial charge in [0.1, 0.15) is 12.2 Å². The van der Waals surface area contributed by atoms with Crippen molar-refractivity contribution in [1.29, 1.82) is 0 Å². The Morgan fingerprint density at radius 3 is 2.54 bits per heavy atom. The highest BCUT2D eigenvalue weighted by Gasteiger charge is 2.51. The van der Waals surface area contributed by atoms with E-state index in [0.29, 0.717) is 5.56 Å². The van der Waals surface area contributed by atoms with E-state index in [1.165, 1.54) is 17.9 Å².